The molecular formula is C15H28N4. The minimum atomic E-state index is 0.729. The van der Waals surface area contributed by atoms with E-state index in [2.05, 4.69) is 47.9 Å². The van der Waals surface area contributed by atoms with Crippen molar-refractivity contribution in [2.24, 2.45) is 5.92 Å². The zero-order valence-electron chi connectivity index (χ0n) is 13.2. The summed E-state index contributed by atoms with van der Waals surface area (Å²) in [5, 5.41) is 3.16. The molecule has 0 atom stereocenters. The minimum Gasteiger partial charge on any atom is -0.373 e. The zero-order chi connectivity index (χ0) is 14.4. The van der Waals surface area contributed by atoms with E-state index in [4.69, 9.17) is 0 Å². The minimum absolute atomic E-state index is 0.729. The van der Waals surface area contributed by atoms with Crippen LogP contribution in [0.1, 0.15) is 45.0 Å². The first kappa shape index (κ1) is 15.7. The second-order valence-corrected chi connectivity index (χ2v) is 5.04. The Kier molecular flexibility index (Phi) is 6.06. The Labute approximate surface area is 117 Å². The molecule has 0 aliphatic rings. The SMILES string of the molecule is CCC(CC)CN(CC)c1nc(C)nc(NC)c1C. The molecule has 1 rings (SSSR count). The second-order valence-electron chi connectivity index (χ2n) is 5.04. The van der Waals surface area contributed by atoms with E-state index >= 15 is 0 Å². The van der Waals surface area contributed by atoms with Crippen molar-refractivity contribution in [3.8, 4) is 0 Å². The van der Waals surface area contributed by atoms with Gasteiger partial charge in [0.05, 0.1) is 0 Å². The Balaban J connectivity index is 3.07. The third-order valence-corrected chi connectivity index (χ3v) is 3.78. The zero-order valence-corrected chi connectivity index (χ0v) is 13.2. The van der Waals surface area contributed by atoms with Crippen molar-refractivity contribution in [2.45, 2.75) is 47.5 Å². The summed E-state index contributed by atoms with van der Waals surface area (Å²) in [6.07, 6.45) is 2.43. The van der Waals surface area contributed by atoms with Gasteiger partial charge in [-0.1, -0.05) is 26.7 Å². The third-order valence-electron chi connectivity index (χ3n) is 3.78. The molecule has 1 aromatic rings. The van der Waals surface area contributed by atoms with Crippen molar-refractivity contribution in [1.82, 2.24) is 9.97 Å². The van der Waals surface area contributed by atoms with Gasteiger partial charge in [0.25, 0.3) is 0 Å². The largest absolute Gasteiger partial charge is 0.373 e. The molecular weight excluding hydrogens is 236 g/mol. The van der Waals surface area contributed by atoms with E-state index < -0.39 is 0 Å². The molecule has 1 heterocycles. The molecule has 19 heavy (non-hydrogen) atoms. The Hall–Kier alpha value is -1.32. The van der Waals surface area contributed by atoms with Gasteiger partial charge in [0.1, 0.15) is 17.5 Å². The van der Waals surface area contributed by atoms with E-state index in [1.165, 1.54) is 12.8 Å². The van der Waals surface area contributed by atoms with Gasteiger partial charge in [-0.3, -0.25) is 0 Å². The molecule has 0 aliphatic heterocycles. The van der Waals surface area contributed by atoms with Crippen molar-refractivity contribution in [1.29, 1.82) is 0 Å². The molecule has 1 aromatic heterocycles. The lowest BCUT2D eigenvalue weighted by Gasteiger charge is -2.28. The van der Waals surface area contributed by atoms with Crippen LogP contribution >= 0.6 is 0 Å². The summed E-state index contributed by atoms with van der Waals surface area (Å²) in [6.45, 7) is 12.8. The Morgan fingerprint density at radius 3 is 2.21 bits per heavy atom. The molecule has 0 fully saturated rings. The standard InChI is InChI=1S/C15H28N4/c1-7-13(8-2)10-19(9-3)15-11(4)14(16-6)17-12(5)18-15/h13H,7-10H2,1-6H3,(H,16,17,18). The summed E-state index contributed by atoms with van der Waals surface area (Å²) < 4.78 is 0. The molecule has 1 N–H and O–H groups in total. The van der Waals surface area contributed by atoms with Gasteiger partial charge in [0, 0.05) is 25.7 Å². The predicted molar refractivity (Wildman–Crippen MR) is 83.0 cm³/mol. The third kappa shape index (κ3) is 3.82. The van der Waals surface area contributed by atoms with Gasteiger partial charge in [-0.25, -0.2) is 9.97 Å². The molecule has 0 radical (unpaired) electrons. The van der Waals surface area contributed by atoms with E-state index in [1.54, 1.807) is 0 Å². The lowest BCUT2D eigenvalue weighted by molar-refractivity contribution is 0.484. The number of nitrogens with one attached hydrogen (secondary N) is 1. The van der Waals surface area contributed by atoms with E-state index in [9.17, 15) is 0 Å². The van der Waals surface area contributed by atoms with Gasteiger partial charge in [-0.2, -0.15) is 0 Å². The highest BCUT2D eigenvalue weighted by molar-refractivity contribution is 5.58. The summed E-state index contributed by atoms with van der Waals surface area (Å²) in [5.74, 6) is 3.57. The first-order valence-electron chi connectivity index (χ1n) is 7.35. The van der Waals surface area contributed by atoms with Crippen molar-refractivity contribution >= 4 is 11.6 Å². The first-order valence-corrected chi connectivity index (χ1v) is 7.35. The van der Waals surface area contributed by atoms with Crippen LogP contribution in [0.3, 0.4) is 0 Å². The Morgan fingerprint density at radius 2 is 1.74 bits per heavy atom. The lowest BCUT2D eigenvalue weighted by atomic mass is 10.0. The molecule has 108 valence electrons. The fourth-order valence-corrected chi connectivity index (χ4v) is 2.39. The van der Waals surface area contributed by atoms with Gasteiger partial charge >= 0.3 is 0 Å². The molecule has 4 heteroatoms. The molecule has 0 saturated heterocycles. The fourth-order valence-electron chi connectivity index (χ4n) is 2.39. The maximum Gasteiger partial charge on any atom is 0.137 e. The molecule has 0 aromatic carbocycles. The van der Waals surface area contributed by atoms with Gasteiger partial charge in [0.2, 0.25) is 0 Å². The predicted octanol–water partition coefficient (Wildman–Crippen LogP) is 3.40. The first-order chi connectivity index (χ1) is 9.07. The molecule has 0 saturated carbocycles. The number of anilines is 2. The van der Waals surface area contributed by atoms with Crippen LogP contribution in [0.25, 0.3) is 0 Å². The van der Waals surface area contributed by atoms with Crippen LogP contribution in [-0.2, 0) is 0 Å². The number of hydrogen-bond donors (Lipinski definition) is 1. The van der Waals surface area contributed by atoms with Crippen LogP contribution in [0.4, 0.5) is 11.6 Å². The van der Waals surface area contributed by atoms with Crippen LogP contribution in [0.15, 0.2) is 0 Å². The van der Waals surface area contributed by atoms with Crippen molar-refractivity contribution in [2.75, 3.05) is 30.4 Å². The summed E-state index contributed by atoms with van der Waals surface area (Å²) in [6, 6.07) is 0. The average Bonchev–Trinajstić information content (AvgIpc) is 2.43. The summed E-state index contributed by atoms with van der Waals surface area (Å²) in [7, 11) is 1.91. The smallest absolute Gasteiger partial charge is 0.137 e. The second kappa shape index (κ2) is 7.31. The van der Waals surface area contributed by atoms with Crippen molar-refractivity contribution in [3.63, 3.8) is 0 Å². The number of hydrogen-bond acceptors (Lipinski definition) is 4. The van der Waals surface area contributed by atoms with Crippen LogP contribution in [0.2, 0.25) is 0 Å². The number of rotatable bonds is 7. The average molecular weight is 264 g/mol. The Bertz CT molecular complexity index is 399. The summed E-state index contributed by atoms with van der Waals surface area (Å²) >= 11 is 0. The van der Waals surface area contributed by atoms with Gasteiger partial charge in [0.15, 0.2) is 0 Å². The van der Waals surface area contributed by atoms with E-state index in [-0.39, 0.29) is 0 Å². The highest BCUT2D eigenvalue weighted by atomic mass is 15.2. The Morgan fingerprint density at radius 1 is 1.11 bits per heavy atom. The number of aromatic nitrogens is 2. The van der Waals surface area contributed by atoms with E-state index in [0.717, 1.165) is 42.0 Å². The maximum absolute atomic E-state index is 4.65. The van der Waals surface area contributed by atoms with Crippen LogP contribution < -0.4 is 10.2 Å². The molecule has 0 spiro atoms. The van der Waals surface area contributed by atoms with Crippen LogP contribution in [0.5, 0.6) is 0 Å². The maximum atomic E-state index is 4.65. The lowest BCUT2D eigenvalue weighted by Crippen LogP contribution is -2.31. The molecule has 4 nitrogen and oxygen atoms in total. The normalized spacial score (nSPS) is 10.9. The highest BCUT2D eigenvalue weighted by Gasteiger charge is 2.16. The van der Waals surface area contributed by atoms with Crippen molar-refractivity contribution < 1.29 is 0 Å². The fraction of sp³-hybridized carbons (Fsp3) is 0.733. The topological polar surface area (TPSA) is 41.1 Å². The molecule has 0 unspecified atom stereocenters. The van der Waals surface area contributed by atoms with Gasteiger partial charge in [-0.15, -0.1) is 0 Å². The summed E-state index contributed by atoms with van der Waals surface area (Å²) in [5.41, 5.74) is 1.14. The molecule has 0 bridgehead atoms. The highest BCUT2D eigenvalue weighted by Crippen LogP contribution is 2.24. The van der Waals surface area contributed by atoms with E-state index in [1.807, 2.05) is 14.0 Å². The van der Waals surface area contributed by atoms with Gasteiger partial charge < -0.3 is 10.2 Å². The summed E-state index contributed by atoms with van der Waals surface area (Å²) in [4.78, 5) is 11.5. The van der Waals surface area contributed by atoms with Crippen LogP contribution in [-0.4, -0.2) is 30.1 Å². The molecule has 0 amide bonds. The monoisotopic (exact) mass is 264 g/mol. The van der Waals surface area contributed by atoms with E-state index in [0.29, 0.717) is 0 Å². The quantitative estimate of drug-likeness (QED) is 0.819. The number of nitrogens with zero attached hydrogens (tertiary/aromatic N) is 3. The van der Waals surface area contributed by atoms with Gasteiger partial charge in [-0.05, 0) is 26.7 Å². The van der Waals surface area contributed by atoms with Crippen molar-refractivity contribution in [3.05, 3.63) is 11.4 Å². The molecule has 0 aliphatic carbocycles. The van der Waals surface area contributed by atoms with Crippen LogP contribution in [0, 0.1) is 19.8 Å². The number of aryl methyl sites for hydroxylation is 1.